The fraction of sp³-hybridized carbons (Fsp3) is 0.526. The topological polar surface area (TPSA) is 76.4 Å². The Bertz CT molecular complexity index is 807. The van der Waals surface area contributed by atoms with E-state index in [4.69, 9.17) is 18.6 Å². The summed E-state index contributed by atoms with van der Waals surface area (Å²) in [7, 11) is 5.23. The van der Waals surface area contributed by atoms with Gasteiger partial charge in [0.25, 0.3) is 0 Å². The molecule has 0 radical (unpaired) electrons. The molecule has 164 valence electrons. The van der Waals surface area contributed by atoms with Gasteiger partial charge in [-0.25, -0.2) is 0 Å². The first-order valence-electron chi connectivity index (χ1n) is 9.01. The van der Waals surface area contributed by atoms with Gasteiger partial charge < -0.3 is 28.8 Å². The van der Waals surface area contributed by atoms with Crippen LogP contribution in [0.4, 0.5) is 5.69 Å². The molecule has 1 aromatic carbocycles. The molecule has 0 unspecified atom stereocenters. The Hall–Kier alpha value is -1.87. The van der Waals surface area contributed by atoms with Gasteiger partial charge >= 0.3 is 0 Å². The lowest BCUT2D eigenvalue weighted by Gasteiger charge is -2.32. The van der Waals surface area contributed by atoms with Crippen LogP contribution < -0.4 is 19.5 Å². The number of ether oxygens (including phenoxy) is 3. The highest BCUT2D eigenvalue weighted by molar-refractivity contribution is 6.03. The van der Waals surface area contributed by atoms with Gasteiger partial charge in [-0.2, -0.15) is 0 Å². The third-order valence-corrected chi connectivity index (χ3v) is 4.74. The Morgan fingerprint density at radius 2 is 1.76 bits per heavy atom. The van der Waals surface area contributed by atoms with Crippen LogP contribution in [0.15, 0.2) is 16.7 Å². The molecule has 2 aromatic rings. The molecule has 3 rings (SSSR count). The zero-order valence-corrected chi connectivity index (χ0v) is 18.8. The van der Waals surface area contributed by atoms with Gasteiger partial charge in [-0.15, -0.1) is 24.8 Å². The monoisotopic (exact) mass is 449 g/mol. The van der Waals surface area contributed by atoms with Gasteiger partial charge in [-0.05, 0) is 13.1 Å². The fourth-order valence-corrected chi connectivity index (χ4v) is 3.29. The maximum atomic E-state index is 11.8. The summed E-state index contributed by atoms with van der Waals surface area (Å²) in [5, 5.41) is 3.53. The molecule has 8 nitrogen and oxygen atoms in total. The predicted octanol–water partition coefficient (Wildman–Crippen LogP) is 2.88. The number of benzene rings is 1. The number of furan rings is 1. The molecule has 0 saturated carbocycles. The molecule has 1 aromatic heterocycles. The predicted molar refractivity (Wildman–Crippen MR) is 118 cm³/mol. The van der Waals surface area contributed by atoms with Crippen LogP contribution in [0.1, 0.15) is 6.92 Å². The normalized spacial score (nSPS) is 14.6. The Morgan fingerprint density at radius 1 is 1.10 bits per heavy atom. The molecule has 0 atom stereocenters. The highest BCUT2D eigenvalue weighted by atomic mass is 35.5. The van der Waals surface area contributed by atoms with Crippen molar-refractivity contribution in [3.8, 4) is 17.2 Å². The average Bonchev–Trinajstić information content (AvgIpc) is 3.12. The van der Waals surface area contributed by atoms with E-state index in [1.807, 2.05) is 0 Å². The van der Waals surface area contributed by atoms with Crippen molar-refractivity contribution in [3.63, 3.8) is 0 Å². The number of carbonyl (C=O) groups is 1. The number of halogens is 2. The number of nitrogens with one attached hydrogen (secondary N) is 1. The van der Waals surface area contributed by atoms with Gasteiger partial charge in [0.15, 0.2) is 17.1 Å². The second-order valence-electron chi connectivity index (χ2n) is 6.61. The standard InChI is InChI=1S/C19H27N3O5.2ClH/c1-13(23)20-15-16(24-3)14-5-11-26-17(14)19(25-4)18(15)27-12-10-22-8-6-21(2)7-9-22;;/h5,11H,6-10,12H2,1-4H3,(H,20,23);2*1H. The summed E-state index contributed by atoms with van der Waals surface area (Å²) in [4.78, 5) is 16.4. The molecule has 0 spiro atoms. The number of amides is 1. The molecule has 1 aliphatic heterocycles. The van der Waals surface area contributed by atoms with E-state index in [2.05, 4.69) is 22.2 Å². The van der Waals surface area contributed by atoms with Crippen LogP contribution in [-0.4, -0.2) is 76.3 Å². The van der Waals surface area contributed by atoms with Crippen LogP contribution in [-0.2, 0) is 4.79 Å². The second kappa shape index (κ2) is 11.3. The summed E-state index contributed by atoms with van der Waals surface area (Å²) >= 11 is 0. The van der Waals surface area contributed by atoms with E-state index in [1.165, 1.54) is 6.92 Å². The van der Waals surface area contributed by atoms with Crippen LogP contribution >= 0.6 is 24.8 Å². The number of nitrogens with zero attached hydrogens (tertiary/aromatic N) is 2. The lowest BCUT2D eigenvalue weighted by molar-refractivity contribution is -0.114. The number of rotatable bonds is 7. The molecule has 0 aliphatic carbocycles. The molecule has 1 fully saturated rings. The molecule has 1 aliphatic rings. The number of anilines is 1. The van der Waals surface area contributed by atoms with Gasteiger partial charge in [0.2, 0.25) is 11.7 Å². The maximum absolute atomic E-state index is 11.8. The van der Waals surface area contributed by atoms with Crippen molar-refractivity contribution in [2.75, 3.05) is 65.9 Å². The van der Waals surface area contributed by atoms with Crippen molar-refractivity contribution in [1.29, 1.82) is 0 Å². The third kappa shape index (κ3) is 5.60. The minimum Gasteiger partial charge on any atom is -0.494 e. The summed E-state index contributed by atoms with van der Waals surface area (Å²) in [6, 6.07) is 1.77. The van der Waals surface area contributed by atoms with E-state index in [0.717, 1.165) is 32.7 Å². The van der Waals surface area contributed by atoms with Gasteiger partial charge in [0.05, 0.1) is 25.9 Å². The first-order valence-corrected chi connectivity index (χ1v) is 9.01. The van der Waals surface area contributed by atoms with E-state index < -0.39 is 0 Å². The molecule has 2 heterocycles. The molecule has 10 heteroatoms. The average molecular weight is 450 g/mol. The van der Waals surface area contributed by atoms with Gasteiger partial charge in [-0.1, -0.05) is 0 Å². The minimum absolute atomic E-state index is 0. The number of hydrogen-bond donors (Lipinski definition) is 1. The van der Waals surface area contributed by atoms with Crippen LogP contribution in [0.3, 0.4) is 0 Å². The number of hydrogen-bond acceptors (Lipinski definition) is 7. The Balaban J connectivity index is 0.00000210. The van der Waals surface area contributed by atoms with Gasteiger partial charge in [0, 0.05) is 39.6 Å². The number of likely N-dealkylation sites (N-methyl/N-ethyl adjacent to an activating group) is 1. The molecular weight excluding hydrogens is 421 g/mol. The SMILES string of the molecule is COc1c(NC(C)=O)c(OCCN2CCN(C)CC2)c(OC)c2occc12.Cl.Cl. The number of methoxy groups -OCH3 is 2. The van der Waals surface area contributed by atoms with Crippen molar-refractivity contribution in [2.24, 2.45) is 0 Å². The first-order chi connectivity index (χ1) is 13.0. The van der Waals surface area contributed by atoms with E-state index in [-0.39, 0.29) is 30.7 Å². The number of fused-ring (bicyclic) bond motifs is 1. The highest BCUT2D eigenvalue weighted by Crippen LogP contribution is 2.49. The van der Waals surface area contributed by atoms with Crippen LogP contribution in [0.2, 0.25) is 0 Å². The molecular formula is C19H29Cl2N3O5. The van der Waals surface area contributed by atoms with Crippen molar-refractivity contribution in [3.05, 3.63) is 12.3 Å². The van der Waals surface area contributed by atoms with Gasteiger partial charge in [0.1, 0.15) is 12.3 Å². The zero-order valence-electron chi connectivity index (χ0n) is 17.1. The number of carbonyl (C=O) groups excluding carboxylic acids is 1. The summed E-state index contributed by atoms with van der Waals surface area (Å²) in [6.07, 6.45) is 1.56. The van der Waals surface area contributed by atoms with Crippen molar-refractivity contribution < 1.29 is 23.4 Å². The Kier molecular flexibility index (Phi) is 9.85. The van der Waals surface area contributed by atoms with Gasteiger partial charge in [-0.3, -0.25) is 9.69 Å². The smallest absolute Gasteiger partial charge is 0.221 e. The first kappa shape index (κ1) is 25.2. The van der Waals surface area contributed by atoms with Crippen molar-refractivity contribution in [2.45, 2.75) is 6.92 Å². The molecule has 1 amide bonds. The zero-order chi connectivity index (χ0) is 19.4. The second-order valence-corrected chi connectivity index (χ2v) is 6.61. The lowest BCUT2D eigenvalue weighted by Crippen LogP contribution is -2.45. The highest BCUT2D eigenvalue weighted by Gasteiger charge is 2.25. The summed E-state index contributed by atoms with van der Waals surface area (Å²) in [6.45, 7) is 6.81. The van der Waals surface area contributed by atoms with Crippen LogP contribution in [0.5, 0.6) is 17.2 Å². The molecule has 1 N–H and O–H groups in total. The summed E-state index contributed by atoms with van der Waals surface area (Å²) < 4.78 is 22.7. The van der Waals surface area contributed by atoms with Crippen LogP contribution in [0, 0.1) is 0 Å². The van der Waals surface area contributed by atoms with Crippen molar-refractivity contribution in [1.82, 2.24) is 9.80 Å². The number of piperazine rings is 1. The maximum Gasteiger partial charge on any atom is 0.221 e. The summed E-state index contributed by atoms with van der Waals surface area (Å²) in [5.41, 5.74) is 0.979. The summed E-state index contributed by atoms with van der Waals surface area (Å²) in [5.74, 6) is 1.13. The molecule has 1 saturated heterocycles. The van der Waals surface area contributed by atoms with E-state index in [0.29, 0.717) is 40.5 Å². The third-order valence-electron chi connectivity index (χ3n) is 4.74. The molecule has 29 heavy (non-hydrogen) atoms. The molecule has 0 bridgehead atoms. The largest absolute Gasteiger partial charge is 0.494 e. The lowest BCUT2D eigenvalue weighted by atomic mass is 10.1. The van der Waals surface area contributed by atoms with E-state index >= 15 is 0 Å². The Morgan fingerprint density at radius 3 is 2.34 bits per heavy atom. The van der Waals surface area contributed by atoms with Crippen molar-refractivity contribution >= 4 is 47.4 Å². The van der Waals surface area contributed by atoms with E-state index in [9.17, 15) is 4.79 Å². The quantitative estimate of drug-likeness (QED) is 0.695. The van der Waals surface area contributed by atoms with Crippen LogP contribution in [0.25, 0.3) is 11.0 Å². The Labute approximate surface area is 183 Å². The van der Waals surface area contributed by atoms with E-state index in [1.54, 1.807) is 26.5 Å². The minimum atomic E-state index is -0.220. The fourth-order valence-electron chi connectivity index (χ4n) is 3.29.